The van der Waals surface area contributed by atoms with E-state index in [4.69, 9.17) is 9.51 Å². The third-order valence-corrected chi connectivity index (χ3v) is 7.22. The number of rotatable bonds is 6. The Kier molecular flexibility index (Phi) is 6.23. The Morgan fingerprint density at radius 3 is 2.75 bits per heavy atom. The number of thioether (sulfide) groups is 2. The van der Waals surface area contributed by atoms with Gasteiger partial charge in [0.05, 0.1) is 11.2 Å². The zero-order chi connectivity index (χ0) is 14.5. The summed E-state index contributed by atoms with van der Waals surface area (Å²) in [4.78, 5) is 4.72. The van der Waals surface area contributed by atoms with Crippen molar-refractivity contribution < 1.29 is 4.52 Å². The largest absolute Gasteiger partial charge is 0.339 e. The molecular formula is C14H25N3OS2. The zero-order valence-corrected chi connectivity index (χ0v) is 14.4. The molecule has 1 saturated heterocycles. The van der Waals surface area contributed by atoms with Crippen molar-refractivity contribution in [1.29, 1.82) is 0 Å². The quantitative estimate of drug-likeness (QED) is 0.867. The average Bonchev–Trinajstić information content (AvgIpc) is 2.97. The van der Waals surface area contributed by atoms with Gasteiger partial charge >= 0.3 is 0 Å². The van der Waals surface area contributed by atoms with Crippen LogP contribution in [0.5, 0.6) is 0 Å². The fourth-order valence-corrected chi connectivity index (χ4v) is 5.58. The van der Waals surface area contributed by atoms with Crippen LogP contribution in [0, 0.1) is 0 Å². The van der Waals surface area contributed by atoms with Gasteiger partial charge in [-0.2, -0.15) is 16.7 Å². The van der Waals surface area contributed by atoms with E-state index >= 15 is 0 Å². The Labute approximate surface area is 130 Å². The Bertz CT molecular complexity index is 413. The molecule has 1 aromatic heterocycles. The van der Waals surface area contributed by atoms with E-state index in [9.17, 15) is 0 Å². The van der Waals surface area contributed by atoms with Gasteiger partial charge in [0.25, 0.3) is 0 Å². The molecule has 4 nitrogen and oxygen atoms in total. The van der Waals surface area contributed by atoms with Gasteiger partial charge in [-0.25, -0.2) is 0 Å². The monoisotopic (exact) mass is 315 g/mol. The van der Waals surface area contributed by atoms with Crippen molar-refractivity contribution >= 4 is 23.5 Å². The molecule has 1 aromatic rings. The SMILES string of the molecule is CCC1SCCSC1c1noc(C(CC)C(C)NC)n1. The molecule has 1 fully saturated rings. The minimum Gasteiger partial charge on any atom is -0.339 e. The van der Waals surface area contributed by atoms with Crippen molar-refractivity contribution in [2.24, 2.45) is 0 Å². The fourth-order valence-electron chi connectivity index (χ4n) is 2.60. The van der Waals surface area contributed by atoms with Crippen molar-refractivity contribution in [2.45, 2.75) is 56.1 Å². The van der Waals surface area contributed by atoms with E-state index in [0.717, 1.165) is 24.6 Å². The maximum atomic E-state index is 5.56. The maximum absolute atomic E-state index is 5.56. The second-order valence-electron chi connectivity index (χ2n) is 5.19. The van der Waals surface area contributed by atoms with Crippen LogP contribution in [0.15, 0.2) is 4.52 Å². The molecule has 4 unspecified atom stereocenters. The highest BCUT2D eigenvalue weighted by Gasteiger charge is 2.32. The molecule has 0 aliphatic carbocycles. The van der Waals surface area contributed by atoms with Crippen molar-refractivity contribution in [3.05, 3.63) is 11.7 Å². The summed E-state index contributed by atoms with van der Waals surface area (Å²) in [7, 11) is 1.98. The molecule has 1 N–H and O–H groups in total. The van der Waals surface area contributed by atoms with Crippen LogP contribution in [0.3, 0.4) is 0 Å². The third-order valence-electron chi connectivity index (χ3n) is 3.98. The summed E-state index contributed by atoms with van der Waals surface area (Å²) in [6.07, 6.45) is 2.17. The Morgan fingerprint density at radius 2 is 2.10 bits per heavy atom. The number of nitrogens with one attached hydrogen (secondary N) is 1. The van der Waals surface area contributed by atoms with Gasteiger partial charge in [0, 0.05) is 22.8 Å². The van der Waals surface area contributed by atoms with E-state index in [1.54, 1.807) is 0 Å². The predicted octanol–water partition coefficient (Wildman–Crippen LogP) is 3.47. The highest BCUT2D eigenvalue weighted by Crippen LogP contribution is 2.43. The van der Waals surface area contributed by atoms with E-state index in [1.807, 2.05) is 30.6 Å². The lowest BCUT2D eigenvalue weighted by molar-refractivity contribution is 0.319. The number of hydrogen-bond donors (Lipinski definition) is 1. The van der Waals surface area contributed by atoms with Crippen LogP contribution in [-0.2, 0) is 0 Å². The lowest BCUT2D eigenvalue weighted by Gasteiger charge is -2.27. The minimum absolute atomic E-state index is 0.294. The third kappa shape index (κ3) is 3.52. The molecule has 0 bridgehead atoms. The molecule has 2 heterocycles. The summed E-state index contributed by atoms with van der Waals surface area (Å²) in [5, 5.41) is 8.56. The number of hydrogen-bond acceptors (Lipinski definition) is 6. The summed E-state index contributed by atoms with van der Waals surface area (Å²) >= 11 is 4.02. The number of likely N-dealkylation sites (N-methyl/N-ethyl adjacent to an activating group) is 1. The maximum Gasteiger partial charge on any atom is 0.231 e. The Hall–Kier alpha value is -0.200. The predicted molar refractivity (Wildman–Crippen MR) is 87.6 cm³/mol. The first-order valence-electron chi connectivity index (χ1n) is 7.45. The van der Waals surface area contributed by atoms with Crippen LogP contribution in [0.4, 0.5) is 0 Å². The molecule has 6 heteroatoms. The first-order chi connectivity index (χ1) is 9.71. The summed E-state index contributed by atoms with van der Waals surface area (Å²) in [5.41, 5.74) is 0. The lowest BCUT2D eigenvalue weighted by atomic mass is 9.98. The van der Waals surface area contributed by atoms with E-state index in [-0.39, 0.29) is 0 Å². The van der Waals surface area contributed by atoms with Gasteiger partial charge in [-0.1, -0.05) is 19.0 Å². The molecule has 0 saturated carbocycles. The summed E-state index contributed by atoms with van der Waals surface area (Å²) in [6.45, 7) is 6.58. The van der Waals surface area contributed by atoms with Crippen molar-refractivity contribution in [2.75, 3.05) is 18.6 Å². The highest BCUT2D eigenvalue weighted by atomic mass is 32.2. The molecule has 4 atom stereocenters. The average molecular weight is 316 g/mol. The molecular weight excluding hydrogens is 290 g/mol. The Morgan fingerprint density at radius 1 is 1.35 bits per heavy atom. The highest BCUT2D eigenvalue weighted by molar-refractivity contribution is 8.06. The van der Waals surface area contributed by atoms with Gasteiger partial charge in [0.15, 0.2) is 5.82 Å². The molecule has 114 valence electrons. The standard InChI is InChI=1S/C14H25N3OS2/c1-5-10(9(3)15-4)14-16-13(17-18-14)12-11(6-2)19-7-8-20-12/h9-12,15H,5-8H2,1-4H3. The van der Waals surface area contributed by atoms with Crippen LogP contribution >= 0.6 is 23.5 Å². The molecule has 1 aliphatic heterocycles. The molecule has 20 heavy (non-hydrogen) atoms. The van der Waals surface area contributed by atoms with Crippen molar-refractivity contribution in [3.63, 3.8) is 0 Å². The second-order valence-corrected chi connectivity index (χ2v) is 7.79. The van der Waals surface area contributed by atoms with E-state index in [2.05, 4.69) is 31.2 Å². The van der Waals surface area contributed by atoms with Gasteiger partial charge < -0.3 is 9.84 Å². The summed E-state index contributed by atoms with van der Waals surface area (Å²) in [6, 6.07) is 0.351. The van der Waals surface area contributed by atoms with Crippen LogP contribution in [0.2, 0.25) is 0 Å². The smallest absolute Gasteiger partial charge is 0.231 e. The number of nitrogens with zero attached hydrogens (tertiary/aromatic N) is 2. The van der Waals surface area contributed by atoms with Gasteiger partial charge in [0.2, 0.25) is 5.89 Å². The van der Waals surface area contributed by atoms with Crippen LogP contribution in [0.25, 0.3) is 0 Å². The van der Waals surface area contributed by atoms with Crippen molar-refractivity contribution in [3.8, 4) is 0 Å². The minimum atomic E-state index is 0.294. The topological polar surface area (TPSA) is 51.0 Å². The van der Waals surface area contributed by atoms with Gasteiger partial charge in [-0.3, -0.25) is 0 Å². The molecule has 0 amide bonds. The van der Waals surface area contributed by atoms with Gasteiger partial charge in [0.1, 0.15) is 0 Å². The van der Waals surface area contributed by atoms with E-state index in [1.165, 1.54) is 11.5 Å². The summed E-state index contributed by atoms with van der Waals surface area (Å²) in [5.74, 6) is 4.39. The molecule has 0 aromatic carbocycles. The van der Waals surface area contributed by atoms with Gasteiger partial charge in [-0.05, 0) is 26.8 Å². The molecule has 0 radical (unpaired) electrons. The van der Waals surface area contributed by atoms with Crippen LogP contribution in [-0.4, -0.2) is 40.0 Å². The number of aromatic nitrogens is 2. The van der Waals surface area contributed by atoms with Gasteiger partial charge in [-0.15, -0.1) is 11.8 Å². The first-order valence-corrected chi connectivity index (χ1v) is 9.54. The first kappa shape index (κ1) is 16.2. The molecule has 0 spiro atoms. The van der Waals surface area contributed by atoms with E-state index in [0.29, 0.717) is 22.5 Å². The normalized spacial score (nSPS) is 26.4. The Balaban J connectivity index is 2.14. The molecule has 2 rings (SSSR count). The van der Waals surface area contributed by atoms with Crippen LogP contribution in [0.1, 0.15) is 56.5 Å². The summed E-state index contributed by atoms with van der Waals surface area (Å²) < 4.78 is 5.56. The molecule has 1 aliphatic rings. The second kappa shape index (κ2) is 7.71. The van der Waals surface area contributed by atoms with Crippen LogP contribution < -0.4 is 5.32 Å². The van der Waals surface area contributed by atoms with E-state index < -0.39 is 0 Å². The van der Waals surface area contributed by atoms with Crippen molar-refractivity contribution in [1.82, 2.24) is 15.5 Å². The lowest BCUT2D eigenvalue weighted by Crippen LogP contribution is -2.28. The fraction of sp³-hybridized carbons (Fsp3) is 0.857. The zero-order valence-electron chi connectivity index (χ0n) is 12.8.